The summed E-state index contributed by atoms with van der Waals surface area (Å²) >= 11 is 0. The fourth-order valence-electron chi connectivity index (χ4n) is 3.14. The summed E-state index contributed by atoms with van der Waals surface area (Å²) in [5, 5.41) is 14.6. The molecule has 0 bridgehead atoms. The smallest absolute Gasteiger partial charge is 0.273 e. The summed E-state index contributed by atoms with van der Waals surface area (Å²) in [4.78, 5) is 12.2. The molecule has 6 nitrogen and oxygen atoms in total. The lowest BCUT2D eigenvalue weighted by Gasteiger charge is -2.22. The zero-order valence-corrected chi connectivity index (χ0v) is 13.1. The van der Waals surface area contributed by atoms with Crippen LogP contribution in [0, 0.1) is 0 Å². The molecule has 21 heavy (non-hydrogen) atoms. The Morgan fingerprint density at radius 2 is 1.90 bits per heavy atom. The lowest BCUT2D eigenvalue weighted by molar-refractivity contribution is 0.0922. The lowest BCUT2D eigenvalue weighted by atomic mass is 9.95. The van der Waals surface area contributed by atoms with Crippen molar-refractivity contribution in [3.8, 4) is 0 Å². The van der Waals surface area contributed by atoms with E-state index in [4.69, 9.17) is 0 Å². The molecule has 2 N–H and O–H groups in total. The highest BCUT2D eigenvalue weighted by atomic mass is 35.5. The molecule has 1 aromatic rings. The van der Waals surface area contributed by atoms with Gasteiger partial charge in [0, 0.05) is 6.04 Å². The third kappa shape index (κ3) is 4.17. The molecule has 1 aliphatic heterocycles. The molecule has 2 fully saturated rings. The molecule has 0 atom stereocenters. The maximum absolute atomic E-state index is 12.2. The molecular formula is C14H24ClN5O. The van der Waals surface area contributed by atoms with Crippen molar-refractivity contribution in [2.45, 2.75) is 57.0 Å². The second kappa shape index (κ2) is 7.75. The van der Waals surface area contributed by atoms with Gasteiger partial charge in [-0.2, -0.15) is 0 Å². The van der Waals surface area contributed by atoms with Crippen molar-refractivity contribution in [1.29, 1.82) is 0 Å². The molecule has 2 aliphatic rings. The van der Waals surface area contributed by atoms with Crippen LogP contribution < -0.4 is 10.6 Å². The highest BCUT2D eigenvalue weighted by Gasteiger charge is 2.21. The number of nitrogens with zero attached hydrogens (tertiary/aromatic N) is 3. The van der Waals surface area contributed by atoms with Crippen molar-refractivity contribution < 1.29 is 4.79 Å². The third-order valence-corrected chi connectivity index (χ3v) is 4.37. The Morgan fingerprint density at radius 1 is 1.19 bits per heavy atom. The molecule has 118 valence electrons. The zero-order valence-electron chi connectivity index (χ0n) is 12.3. The van der Waals surface area contributed by atoms with Crippen LogP contribution in [0.5, 0.6) is 0 Å². The van der Waals surface area contributed by atoms with Crippen LogP contribution in [0.1, 0.15) is 61.5 Å². The molecule has 0 radical (unpaired) electrons. The molecule has 1 saturated carbocycles. The second-order valence-corrected chi connectivity index (χ2v) is 5.87. The largest absolute Gasteiger partial charge is 0.348 e. The lowest BCUT2D eigenvalue weighted by Crippen LogP contribution is -2.36. The van der Waals surface area contributed by atoms with Crippen LogP contribution in [-0.2, 0) is 0 Å². The van der Waals surface area contributed by atoms with Gasteiger partial charge in [-0.15, -0.1) is 17.5 Å². The van der Waals surface area contributed by atoms with Gasteiger partial charge in [0.2, 0.25) is 0 Å². The maximum atomic E-state index is 12.2. The maximum Gasteiger partial charge on any atom is 0.273 e. The molecule has 7 heteroatoms. The van der Waals surface area contributed by atoms with E-state index in [2.05, 4.69) is 20.9 Å². The predicted molar refractivity (Wildman–Crippen MR) is 82.7 cm³/mol. The summed E-state index contributed by atoms with van der Waals surface area (Å²) in [6.45, 7) is 2.02. The van der Waals surface area contributed by atoms with Crippen molar-refractivity contribution >= 4 is 18.3 Å². The van der Waals surface area contributed by atoms with E-state index in [1.807, 2.05) is 4.68 Å². The highest BCUT2D eigenvalue weighted by Crippen LogP contribution is 2.19. The van der Waals surface area contributed by atoms with Crippen molar-refractivity contribution in [3.63, 3.8) is 0 Å². The van der Waals surface area contributed by atoms with Gasteiger partial charge < -0.3 is 10.6 Å². The minimum absolute atomic E-state index is 0. The fraction of sp³-hybridized carbons (Fsp3) is 0.786. The number of nitrogens with one attached hydrogen (secondary N) is 2. The number of carbonyl (C=O) groups is 1. The number of piperidine rings is 1. The highest BCUT2D eigenvalue weighted by molar-refractivity contribution is 5.92. The standard InChI is InChI=1S/C14H23N5O.ClH/c20-14(16-11-4-2-1-3-5-11)13-10-19(18-17-13)12-6-8-15-9-7-12;/h10-12,15H,1-9H2,(H,16,20);1H. The van der Waals surface area contributed by atoms with Crippen molar-refractivity contribution in [1.82, 2.24) is 25.6 Å². The Morgan fingerprint density at radius 3 is 2.62 bits per heavy atom. The van der Waals surface area contributed by atoms with Gasteiger partial charge in [-0.25, -0.2) is 4.68 Å². The van der Waals surface area contributed by atoms with E-state index in [1.54, 1.807) is 6.20 Å². The fourth-order valence-corrected chi connectivity index (χ4v) is 3.14. The van der Waals surface area contributed by atoms with Gasteiger partial charge in [-0.3, -0.25) is 4.79 Å². The Bertz CT molecular complexity index is 452. The number of halogens is 1. The molecule has 0 spiro atoms. The number of rotatable bonds is 3. The number of hydrogen-bond donors (Lipinski definition) is 2. The minimum Gasteiger partial charge on any atom is -0.348 e. The summed E-state index contributed by atoms with van der Waals surface area (Å²) < 4.78 is 1.86. The van der Waals surface area contributed by atoms with Crippen LogP contribution in [-0.4, -0.2) is 40.0 Å². The first-order valence-corrected chi connectivity index (χ1v) is 7.76. The van der Waals surface area contributed by atoms with Gasteiger partial charge in [0.25, 0.3) is 5.91 Å². The van der Waals surface area contributed by atoms with Gasteiger partial charge in [-0.05, 0) is 38.8 Å². The molecule has 0 unspecified atom stereocenters. The van der Waals surface area contributed by atoms with E-state index in [1.165, 1.54) is 19.3 Å². The van der Waals surface area contributed by atoms with Crippen LogP contribution in [0.15, 0.2) is 6.20 Å². The summed E-state index contributed by atoms with van der Waals surface area (Å²) in [7, 11) is 0. The van der Waals surface area contributed by atoms with E-state index in [-0.39, 0.29) is 18.3 Å². The van der Waals surface area contributed by atoms with E-state index < -0.39 is 0 Å². The van der Waals surface area contributed by atoms with Gasteiger partial charge in [0.05, 0.1) is 12.2 Å². The van der Waals surface area contributed by atoms with E-state index >= 15 is 0 Å². The van der Waals surface area contributed by atoms with E-state index in [9.17, 15) is 4.79 Å². The Hall–Kier alpha value is -1.14. The average molecular weight is 314 g/mol. The SMILES string of the molecule is Cl.O=C(NC1CCCCC1)c1cn(C2CCNCC2)nn1. The third-order valence-electron chi connectivity index (χ3n) is 4.37. The van der Waals surface area contributed by atoms with Crippen LogP contribution in [0.4, 0.5) is 0 Å². The normalized spacial score (nSPS) is 20.8. The Balaban J connectivity index is 0.00000161. The average Bonchev–Trinajstić information content (AvgIpc) is 2.99. The summed E-state index contributed by atoms with van der Waals surface area (Å²) in [5.74, 6) is -0.0721. The topological polar surface area (TPSA) is 71.8 Å². The predicted octanol–water partition coefficient (Wildman–Crippen LogP) is 1.69. The molecule has 1 aliphatic carbocycles. The van der Waals surface area contributed by atoms with Crippen molar-refractivity contribution in [2.24, 2.45) is 0 Å². The van der Waals surface area contributed by atoms with Gasteiger partial charge in [-0.1, -0.05) is 24.5 Å². The molecule has 1 aromatic heterocycles. The van der Waals surface area contributed by atoms with E-state index in [0.29, 0.717) is 17.8 Å². The van der Waals surface area contributed by atoms with Crippen LogP contribution in [0.25, 0.3) is 0 Å². The van der Waals surface area contributed by atoms with Crippen molar-refractivity contribution in [3.05, 3.63) is 11.9 Å². The summed E-state index contributed by atoms with van der Waals surface area (Å²) in [6, 6.07) is 0.695. The Kier molecular flexibility index (Phi) is 5.99. The van der Waals surface area contributed by atoms with Gasteiger partial charge in [0.15, 0.2) is 5.69 Å². The van der Waals surface area contributed by atoms with Gasteiger partial charge in [0.1, 0.15) is 0 Å². The zero-order chi connectivity index (χ0) is 13.8. The molecule has 1 saturated heterocycles. The van der Waals surface area contributed by atoms with Crippen LogP contribution in [0.3, 0.4) is 0 Å². The number of aromatic nitrogens is 3. The minimum atomic E-state index is -0.0721. The number of carbonyl (C=O) groups excluding carboxylic acids is 1. The molecule has 3 rings (SSSR count). The van der Waals surface area contributed by atoms with Crippen molar-refractivity contribution in [2.75, 3.05) is 13.1 Å². The Labute approximate surface area is 131 Å². The summed E-state index contributed by atoms with van der Waals surface area (Å²) in [6.07, 6.45) is 9.80. The van der Waals surface area contributed by atoms with Gasteiger partial charge >= 0.3 is 0 Å². The van der Waals surface area contributed by atoms with E-state index in [0.717, 1.165) is 38.8 Å². The number of hydrogen-bond acceptors (Lipinski definition) is 4. The molecule has 1 amide bonds. The second-order valence-electron chi connectivity index (χ2n) is 5.87. The number of amides is 1. The van der Waals surface area contributed by atoms with Crippen LogP contribution in [0.2, 0.25) is 0 Å². The monoisotopic (exact) mass is 313 g/mol. The molecule has 0 aromatic carbocycles. The first kappa shape index (κ1) is 16.2. The first-order valence-electron chi connectivity index (χ1n) is 7.76. The molecular weight excluding hydrogens is 290 g/mol. The molecule has 2 heterocycles. The summed E-state index contributed by atoms with van der Waals surface area (Å²) in [5.41, 5.74) is 0.453. The van der Waals surface area contributed by atoms with Crippen LogP contribution >= 0.6 is 12.4 Å². The first-order chi connectivity index (χ1) is 9.83. The quantitative estimate of drug-likeness (QED) is 0.890.